The maximum atomic E-state index is 12.9. The molecular formula is C14H17FN2O3. The minimum absolute atomic E-state index is 0.214. The topological polar surface area (TPSA) is 69.6 Å². The van der Waals surface area contributed by atoms with Crippen LogP contribution in [0.1, 0.15) is 24.8 Å². The van der Waals surface area contributed by atoms with Crippen molar-refractivity contribution in [2.75, 3.05) is 6.54 Å². The molecule has 1 aliphatic heterocycles. The molecule has 1 atom stereocenters. The number of benzene rings is 1. The Morgan fingerprint density at radius 3 is 2.70 bits per heavy atom. The molecule has 1 heterocycles. The van der Waals surface area contributed by atoms with Gasteiger partial charge in [0.2, 0.25) is 5.91 Å². The van der Waals surface area contributed by atoms with Crippen LogP contribution in [0.3, 0.4) is 0 Å². The summed E-state index contributed by atoms with van der Waals surface area (Å²) in [6.45, 7) is 0.963. The van der Waals surface area contributed by atoms with E-state index < -0.39 is 12.1 Å². The Morgan fingerprint density at radius 2 is 2.05 bits per heavy atom. The SMILES string of the molecule is O=C(O)N[C@H]1CCCCN(Cc2ccc(F)cc2)C1=O. The third-order valence-electron chi connectivity index (χ3n) is 3.36. The van der Waals surface area contributed by atoms with E-state index in [1.165, 1.54) is 12.1 Å². The zero-order chi connectivity index (χ0) is 14.5. The van der Waals surface area contributed by atoms with Crippen LogP contribution in [0.4, 0.5) is 9.18 Å². The van der Waals surface area contributed by atoms with E-state index >= 15 is 0 Å². The molecule has 20 heavy (non-hydrogen) atoms. The van der Waals surface area contributed by atoms with E-state index in [9.17, 15) is 14.0 Å². The Morgan fingerprint density at radius 1 is 1.35 bits per heavy atom. The van der Waals surface area contributed by atoms with Crippen molar-refractivity contribution >= 4 is 12.0 Å². The highest BCUT2D eigenvalue weighted by atomic mass is 19.1. The van der Waals surface area contributed by atoms with Gasteiger partial charge in [-0.05, 0) is 37.0 Å². The second-order valence-corrected chi connectivity index (χ2v) is 4.88. The van der Waals surface area contributed by atoms with Crippen molar-refractivity contribution in [3.05, 3.63) is 35.6 Å². The van der Waals surface area contributed by atoms with Crippen LogP contribution in [0.5, 0.6) is 0 Å². The van der Waals surface area contributed by atoms with Crippen LogP contribution in [0.2, 0.25) is 0 Å². The third-order valence-corrected chi connectivity index (χ3v) is 3.36. The van der Waals surface area contributed by atoms with Crippen molar-refractivity contribution in [1.29, 1.82) is 0 Å². The molecule has 2 N–H and O–H groups in total. The highest BCUT2D eigenvalue weighted by Crippen LogP contribution is 2.15. The second-order valence-electron chi connectivity index (χ2n) is 4.88. The Bertz CT molecular complexity index is 490. The maximum absolute atomic E-state index is 12.9. The molecule has 6 heteroatoms. The molecule has 0 aromatic heterocycles. The van der Waals surface area contributed by atoms with Gasteiger partial charge in [-0.3, -0.25) is 4.79 Å². The van der Waals surface area contributed by atoms with E-state index in [4.69, 9.17) is 5.11 Å². The predicted octanol–water partition coefficient (Wildman–Crippen LogP) is 1.97. The lowest BCUT2D eigenvalue weighted by Gasteiger charge is -2.24. The smallest absolute Gasteiger partial charge is 0.405 e. The molecule has 1 aromatic carbocycles. The minimum Gasteiger partial charge on any atom is -0.465 e. The fourth-order valence-electron chi connectivity index (χ4n) is 2.36. The summed E-state index contributed by atoms with van der Waals surface area (Å²) in [4.78, 5) is 24.6. The number of hydrogen-bond acceptors (Lipinski definition) is 2. The van der Waals surface area contributed by atoms with Crippen molar-refractivity contribution in [3.8, 4) is 0 Å². The van der Waals surface area contributed by atoms with Gasteiger partial charge >= 0.3 is 6.09 Å². The van der Waals surface area contributed by atoms with E-state index in [0.717, 1.165) is 18.4 Å². The Hall–Kier alpha value is -2.11. The number of halogens is 1. The Kier molecular flexibility index (Phi) is 4.55. The molecule has 1 saturated heterocycles. The lowest BCUT2D eigenvalue weighted by molar-refractivity contribution is -0.133. The van der Waals surface area contributed by atoms with Crippen LogP contribution < -0.4 is 5.32 Å². The number of likely N-dealkylation sites (tertiary alicyclic amines) is 1. The summed E-state index contributed by atoms with van der Waals surface area (Å²) < 4.78 is 12.9. The first kappa shape index (κ1) is 14.3. The number of rotatable bonds is 3. The molecule has 2 rings (SSSR count). The molecule has 0 spiro atoms. The maximum Gasteiger partial charge on any atom is 0.405 e. The van der Waals surface area contributed by atoms with Crippen LogP contribution in [0.15, 0.2) is 24.3 Å². The van der Waals surface area contributed by atoms with Gasteiger partial charge in [-0.25, -0.2) is 9.18 Å². The molecule has 1 aliphatic rings. The molecule has 1 aromatic rings. The average Bonchev–Trinajstić information content (AvgIpc) is 2.56. The second kappa shape index (κ2) is 6.36. The van der Waals surface area contributed by atoms with Gasteiger partial charge in [-0.2, -0.15) is 0 Å². The van der Waals surface area contributed by atoms with Gasteiger partial charge in [0.1, 0.15) is 11.9 Å². The third kappa shape index (κ3) is 3.69. The average molecular weight is 280 g/mol. The molecule has 108 valence electrons. The zero-order valence-corrected chi connectivity index (χ0v) is 11.0. The van der Waals surface area contributed by atoms with E-state index in [2.05, 4.69) is 5.32 Å². The fourth-order valence-corrected chi connectivity index (χ4v) is 2.36. The van der Waals surface area contributed by atoms with Crippen molar-refractivity contribution in [1.82, 2.24) is 10.2 Å². The summed E-state index contributed by atoms with van der Waals surface area (Å²) in [5.74, 6) is -0.532. The van der Waals surface area contributed by atoms with Gasteiger partial charge in [0.15, 0.2) is 0 Å². The molecule has 2 amide bonds. The van der Waals surface area contributed by atoms with Gasteiger partial charge in [-0.15, -0.1) is 0 Å². The van der Waals surface area contributed by atoms with Crippen molar-refractivity contribution in [2.45, 2.75) is 31.8 Å². The monoisotopic (exact) mass is 280 g/mol. The van der Waals surface area contributed by atoms with Gasteiger partial charge in [-0.1, -0.05) is 12.1 Å². The molecule has 0 unspecified atom stereocenters. The first-order chi connectivity index (χ1) is 9.56. The van der Waals surface area contributed by atoms with Crippen LogP contribution in [0, 0.1) is 5.82 Å². The number of carbonyl (C=O) groups is 2. The number of nitrogens with one attached hydrogen (secondary N) is 1. The van der Waals surface area contributed by atoms with Crippen LogP contribution in [0.25, 0.3) is 0 Å². The Labute approximate surface area is 116 Å². The first-order valence-electron chi connectivity index (χ1n) is 6.59. The van der Waals surface area contributed by atoms with Gasteiger partial charge < -0.3 is 15.3 Å². The zero-order valence-electron chi connectivity index (χ0n) is 11.0. The summed E-state index contributed by atoms with van der Waals surface area (Å²) in [7, 11) is 0. The predicted molar refractivity (Wildman–Crippen MR) is 70.6 cm³/mol. The molecule has 1 fully saturated rings. The largest absolute Gasteiger partial charge is 0.465 e. The highest BCUT2D eigenvalue weighted by molar-refractivity contribution is 5.85. The minimum atomic E-state index is -1.19. The van der Waals surface area contributed by atoms with Crippen molar-refractivity contribution in [2.24, 2.45) is 0 Å². The fraction of sp³-hybridized carbons (Fsp3) is 0.429. The summed E-state index contributed by atoms with van der Waals surface area (Å²) >= 11 is 0. The van der Waals surface area contributed by atoms with Crippen LogP contribution >= 0.6 is 0 Å². The number of amides is 2. The number of carboxylic acid groups (broad SMARTS) is 1. The number of hydrogen-bond donors (Lipinski definition) is 2. The highest BCUT2D eigenvalue weighted by Gasteiger charge is 2.28. The quantitative estimate of drug-likeness (QED) is 0.889. The molecule has 0 saturated carbocycles. The van der Waals surface area contributed by atoms with Gasteiger partial charge in [0.25, 0.3) is 0 Å². The molecular weight excluding hydrogens is 263 g/mol. The van der Waals surface area contributed by atoms with E-state index in [1.54, 1.807) is 17.0 Å². The number of carbonyl (C=O) groups excluding carboxylic acids is 1. The van der Waals surface area contributed by atoms with E-state index in [1.807, 2.05) is 0 Å². The molecule has 0 bridgehead atoms. The summed E-state index contributed by atoms with van der Waals surface area (Å²) in [5.41, 5.74) is 0.829. The molecule has 0 aliphatic carbocycles. The van der Waals surface area contributed by atoms with Gasteiger partial charge in [0, 0.05) is 13.1 Å². The van der Waals surface area contributed by atoms with Crippen LogP contribution in [-0.4, -0.2) is 34.6 Å². The Balaban J connectivity index is 2.06. The molecule has 5 nitrogen and oxygen atoms in total. The molecule has 0 radical (unpaired) electrons. The summed E-state index contributed by atoms with van der Waals surface area (Å²) in [5, 5.41) is 11.0. The van der Waals surface area contributed by atoms with Crippen LogP contribution in [-0.2, 0) is 11.3 Å². The summed E-state index contributed by atoms with van der Waals surface area (Å²) in [6.07, 6.45) is 0.971. The first-order valence-corrected chi connectivity index (χ1v) is 6.59. The standard InChI is InChI=1S/C14H17FN2O3/c15-11-6-4-10(5-7-11)9-17-8-2-1-3-12(13(17)18)16-14(19)20/h4-7,12,16H,1-3,8-9H2,(H,19,20)/t12-/m0/s1. The van der Waals surface area contributed by atoms with Crippen molar-refractivity contribution < 1.29 is 19.1 Å². The number of nitrogens with zero attached hydrogens (tertiary/aromatic N) is 1. The van der Waals surface area contributed by atoms with E-state index in [0.29, 0.717) is 19.5 Å². The summed E-state index contributed by atoms with van der Waals surface area (Å²) in [6, 6.07) is 5.28. The van der Waals surface area contributed by atoms with Crippen molar-refractivity contribution in [3.63, 3.8) is 0 Å². The normalized spacial score (nSPS) is 19.6. The van der Waals surface area contributed by atoms with Gasteiger partial charge in [0.05, 0.1) is 0 Å². The van der Waals surface area contributed by atoms with E-state index in [-0.39, 0.29) is 11.7 Å². The lowest BCUT2D eigenvalue weighted by Crippen LogP contribution is -2.46. The lowest BCUT2D eigenvalue weighted by atomic mass is 10.1.